The van der Waals surface area contributed by atoms with Crippen molar-refractivity contribution < 1.29 is 8.83 Å². The number of para-hydroxylation sites is 2. The molecule has 3 heterocycles. The summed E-state index contributed by atoms with van der Waals surface area (Å²) < 4.78 is 15.2. The van der Waals surface area contributed by atoms with Crippen LogP contribution in [0.3, 0.4) is 0 Å². The molecular weight excluding hydrogens is 797 g/mol. The van der Waals surface area contributed by atoms with Crippen LogP contribution in [0.25, 0.3) is 80.8 Å². The van der Waals surface area contributed by atoms with Crippen molar-refractivity contribution in [1.29, 1.82) is 0 Å². The maximum atomic E-state index is 6.37. The largest absolute Gasteiger partial charge is 0.456 e. The number of hydrogen-bond acceptors (Lipinski definition) is 3. The van der Waals surface area contributed by atoms with Crippen molar-refractivity contribution in [1.82, 2.24) is 0 Å². The monoisotopic (exact) mass is 829 g/mol. The first-order chi connectivity index (χ1) is 27.7. The van der Waals surface area contributed by atoms with Gasteiger partial charge in [-0.15, -0.1) is 0 Å². The van der Waals surface area contributed by atoms with Gasteiger partial charge in [-0.1, -0.05) is 154 Å². The average molecular weight is 830 g/mol. The van der Waals surface area contributed by atoms with Gasteiger partial charge < -0.3 is 8.83 Å². The van der Waals surface area contributed by atoms with Crippen LogP contribution in [-0.2, 0) is 0 Å². The Morgan fingerprint density at radius 3 is 1.36 bits per heavy atom. The van der Waals surface area contributed by atoms with Gasteiger partial charge in [0.1, 0.15) is 26.0 Å². The summed E-state index contributed by atoms with van der Waals surface area (Å²) in [4.78, 5) is 5.46. The van der Waals surface area contributed by atoms with Crippen LogP contribution in [0.5, 0.6) is 0 Å². The minimum Gasteiger partial charge on any atom is -0.456 e. The molecule has 0 radical (unpaired) electrons. The number of furan rings is 2. The molecule has 0 N–H and O–H groups in total. The molecule has 0 bridgehead atoms. The Morgan fingerprint density at radius 2 is 0.768 bits per heavy atom. The third-order valence-corrected chi connectivity index (χ3v) is 13.5. The van der Waals surface area contributed by atoms with Crippen molar-refractivity contribution >= 4 is 77.5 Å². The molecule has 0 saturated heterocycles. The number of fused-ring (bicyclic) bond motifs is 6. The molecule has 56 heavy (non-hydrogen) atoms. The van der Waals surface area contributed by atoms with E-state index < -0.39 is 20.7 Å². The van der Waals surface area contributed by atoms with Gasteiger partial charge >= 0.3 is 0 Å². The number of allylic oxidation sites excluding steroid dienone is 1. The van der Waals surface area contributed by atoms with Gasteiger partial charge in [0, 0.05) is 36.3 Å². The van der Waals surface area contributed by atoms with Gasteiger partial charge in [-0.2, -0.15) is 0 Å². The minimum absolute atomic E-state index is 0.560. The second kappa shape index (κ2) is 13.6. The lowest BCUT2D eigenvalue weighted by Crippen LogP contribution is -2.07. The first-order valence-corrected chi connectivity index (χ1v) is 20.9. The van der Waals surface area contributed by atoms with E-state index in [1.165, 1.54) is 25.8 Å². The lowest BCUT2D eigenvalue weighted by atomic mass is 9.93. The molecule has 3 nitrogen and oxygen atoms in total. The SMILES string of the molecule is C1=C(c2ccc(-c3ccccc3)cc2)I=C(c2ccccc2)N=C1c1cc(-c2ccc3c(c2)oc2ccccc23)cc(-c2ccc3c(c2)oc2ccccc23)c1. The second-order valence-corrected chi connectivity index (χ2v) is 16.8. The van der Waals surface area contributed by atoms with Gasteiger partial charge in [0.15, 0.2) is 0 Å². The zero-order valence-corrected chi connectivity index (χ0v) is 32.3. The van der Waals surface area contributed by atoms with Gasteiger partial charge in [0.05, 0.1) is 5.71 Å². The molecule has 1 aliphatic rings. The van der Waals surface area contributed by atoms with E-state index in [9.17, 15) is 0 Å². The Balaban J connectivity index is 1.09. The number of nitrogens with zero attached hydrogens (tertiary/aromatic N) is 1. The van der Waals surface area contributed by atoms with Gasteiger partial charge in [0.2, 0.25) is 0 Å². The second-order valence-electron chi connectivity index (χ2n) is 14.1. The number of hydrogen-bond donors (Lipinski definition) is 0. The Morgan fingerprint density at radius 1 is 0.321 bits per heavy atom. The fourth-order valence-corrected chi connectivity index (χ4v) is 10.5. The average Bonchev–Trinajstić information content (AvgIpc) is 3.84. The van der Waals surface area contributed by atoms with Crippen LogP contribution in [0.1, 0.15) is 16.7 Å². The quantitative estimate of drug-likeness (QED) is 0.157. The summed E-state index contributed by atoms with van der Waals surface area (Å²) in [6.45, 7) is 0. The molecule has 11 rings (SSSR count). The van der Waals surface area contributed by atoms with E-state index in [4.69, 9.17) is 13.8 Å². The summed E-state index contributed by atoms with van der Waals surface area (Å²) in [5.74, 6) is 0. The van der Waals surface area contributed by atoms with Crippen molar-refractivity contribution in [2.45, 2.75) is 0 Å². The Labute approximate surface area is 333 Å². The molecule has 264 valence electrons. The van der Waals surface area contributed by atoms with Gasteiger partial charge in [0.25, 0.3) is 0 Å². The zero-order valence-electron chi connectivity index (χ0n) is 30.1. The molecule has 4 heteroatoms. The van der Waals surface area contributed by atoms with E-state index in [0.29, 0.717) is 0 Å². The molecule has 0 saturated carbocycles. The van der Waals surface area contributed by atoms with Crippen molar-refractivity contribution in [3.63, 3.8) is 0 Å². The first kappa shape index (κ1) is 32.8. The van der Waals surface area contributed by atoms with Crippen molar-refractivity contribution in [2.24, 2.45) is 4.99 Å². The number of halogens is 1. The zero-order chi connectivity index (χ0) is 37.0. The van der Waals surface area contributed by atoms with Crippen LogP contribution < -0.4 is 0 Å². The lowest BCUT2D eigenvalue weighted by Gasteiger charge is -2.16. The molecule has 0 unspecified atom stereocenters. The summed E-state index contributed by atoms with van der Waals surface area (Å²) in [5, 5.41) is 4.48. The fraction of sp³-hybridized carbons (Fsp3) is 0. The smallest absolute Gasteiger partial charge is 0.136 e. The summed E-state index contributed by atoms with van der Waals surface area (Å²) in [6.07, 6.45) is 2.32. The van der Waals surface area contributed by atoms with E-state index in [-0.39, 0.29) is 0 Å². The molecule has 0 aliphatic carbocycles. The highest BCUT2D eigenvalue weighted by molar-refractivity contribution is 14.2. The predicted octanol–water partition coefficient (Wildman–Crippen LogP) is 14.5. The van der Waals surface area contributed by atoms with E-state index in [0.717, 1.165) is 81.0 Å². The van der Waals surface area contributed by atoms with E-state index >= 15 is 0 Å². The van der Waals surface area contributed by atoms with Gasteiger partial charge in [-0.05, 0) is 99.6 Å². The normalized spacial score (nSPS) is 13.1. The Kier molecular flexibility index (Phi) is 7.95. The lowest BCUT2D eigenvalue weighted by molar-refractivity contribution is 0.668. The molecule has 0 fully saturated rings. The fourth-order valence-electron chi connectivity index (χ4n) is 7.76. The van der Waals surface area contributed by atoms with E-state index in [1.807, 2.05) is 24.3 Å². The van der Waals surface area contributed by atoms with E-state index in [1.54, 1.807) is 0 Å². The topological polar surface area (TPSA) is 38.6 Å². The number of benzene rings is 8. The van der Waals surface area contributed by atoms with Crippen molar-refractivity contribution in [3.05, 3.63) is 211 Å². The molecule has 0 spiro atoms. The van der Waals surface area contributed by atoms with Crippen LogP contribution >= 0.6 is 20.7 Å². The van der Waals surface area contributed by atoms with Crippen LogP contribution in [0.4, 0.5) is 0 Å². The third kappa shape index (κ3) is 5.90. The molecule has 0 atom stereocenters. The predicted molar refractivity (Wildman–Crippen MR) is 243 cm³/mol. The summed E-state index contributed by atoms with van der Waals surface area (Å²) in [5.41, 5.74) is 14.7. The van der Waals surface area contributed by atoms with Crippen LogP contribution in [0, 0.1) is 0 Å². The van der Waals surface area contributed by atoms with Gasteiger partial charge in [-0.3, -0.25) is 0 Å². The van der Waals surface area contributed by atoms with Gasteiger partial charge in [-0.25, -0.2) is 4.99 Å². The highest BCUT2D eigenvalue weighted by atomic mass is 127. The molecule has 1 aliphatic heterocycles. The summed E-state index contributed by atoms with van der Waals surface area (Å²) >= 11 is -0.560. The summed E-state index contributed by atoms with van der Waals surface area (Å²) in [7, 11) is 0. The Hall–Kier alpha value is -6.63. The highest BCUT2D eigenvalue weighted by Crippen LogP contribution is 2.39. The third-order valence-electron chi connectivity index (χ3n) is 10.6. The number of rotatable bonds is 6. The molecule has 10 aromatic rings. The molecule has 8 aromatic carbocycles. The summed E-state index contributed by atoms with van der Waals surface area (Å²) in [6, 6.07) is 66.7. The maximum absolute atomic E-state index is 6.37. The molecule has 0 amide bonds. The first-order valence-electron chi connectivity index (χ1n) is 18.7. The highest BCUT2D eigenvalue weighted by Gasteiger charge is 2.18. The molecular formula is C52H32INO2. The number of aliphatic imine (C=N–C) groups is 1. The standard InChI is InChI=1S/C52H32INO2/c1-3-11-33(12-4-1)34-19-21-35(22-20-34)46-32-47(54-52(53-46)36-13-5-2-6-14-36)41-28-39(37-23-25-44-42-15-7-9-17-48(42)55-50(44)30-37)27-40(29-41)38-24-26-45-43-16-8-10-18-49(43)56-51(45)31-38/h1-32H. The minimum atomic E-state index is -0.560. The molecule has 2 aromatic heterocycles. The van der Waals surface area contributed by atoms with Crippen LogP contribution in [0.2, 0.25) is 0 Å². The van der Waals surface area contributed by atoms with E-state index in [2.05, 4.69) is 170 Å². The Bertz CT molecular complexity index is 3090. The van der Waals surface area contributed by atoms with Crippen molar-refractivity contribution in [2.75, 3.05) is 0 Å². The maximum Gasteiger partial charge on any atom is 0.136 e. The van der Waals surface area contributed by atoms with Crippen molar-refractivity contribution in [3.8, 4) is 33.4 Å². The van der Waals surface area contributed by atoms with Crippen LogP contribution in [-0.4, -0.2) is 9.34 Å². The van der Waals surface area contributed by atoms with Crippen LogP contribution in [0.15, 0.2) is 208 Å².